The zero-order valence-electron chi connectivity index (χ0n) is 13.4. The first-order valence-electron chi connectivity index (χ1n) is 8.07. The second-order valence-corrected chi connectivity index (χ2v) is 8.50. The molecule has 0 saturated carbocycles. The largest absolute Gasteiger partial charge is 0.362 e. The highest BCUT2D eigenvalue weighted by atomic mass is 32.2. The monoisotopic (exact) mass is 333 g/mol. The lowest BCUT2D eigenvalue weighted by molar-refractivity contribution is 0.585. The fourth-order valence-corrected chi connectivity index (χ4v) is 3.59. The first-order chi connectivity index (χ1) is 11.0. The van der Waals surface area contributed by atoms with Crippen molar-refractivity contribution in [1.29, 1.82) is 0 Å². The highest BCUT2D eigenvalue weighted by Gasteiger charge is 2.18. The number of nitrogens with one attached hydrogen (secondary N) is 1. The van der Waals surface area contributed by atoms with Crippen molar-refractivity contribution in [3.05, 3.63) is 47.7 Å². The third-order valence-corrected chi connectivity index (χ3v) is 5.20. The van der Waals surface area contributed by atoms with E-state index in [1.807, 2.05) is 12.3 Å². The molecular weight excluding hydrogens is 310 g/mol. The van der Waals surface area contributed by atoms with Crippen LogP contribution in [0.4, 0.5) is 5.82 Å². The van der Waals surface area contributed by atoms with Gasteiger partial charge in [-0.25, -0.2) is 8.42 Å². The molecule has 0 amide bonds. The SMILES string of the molecule is CS(=O)(=O)CCn1ccc(NC2CCCCc3ccccc32)n1. The van der Waals surface area contributed by atoms with E-state index >= 15 is 0 Å². The molecule has 3 rings (SSSR count). The Morgan fingerprint density at radius 3 is 2.91 bits per heavy atom. The van der Waals surface area contributed by atoms with Gasteiger partial charge in [0.1, 0.15) is 15.7 Å². The number of nitrogens with zero attached hydrogens (tertiary/aromatic N) is 2. The minimum atomic E-state index is -2.97. The molecule has 0 bridgehead atoms. The standard InChI is InChI=1S/C17H23N3O2S/c1-23(21,22)13-12-20-11-10-17(19-20)18-16-9-5-3-7-14-6-2-4-8-15(14)16/h2,4,6,8,10-11,16H,3,5,7,9,12-13H2,1H3,(H,18,19). The summed E-state index contributed by atoms with van der Waals surface area (Å²) in [5.74, 6) is 0.917. The fraction of sp³-hybridized carbons (Fsp3) is 0.471. The van der Waals surface area contributed by atoms with E-state index in [0.717, 1.165) is 18.7 Å². The topological polar surface area (TPSA) is 64.0 Å². The van der Waals surface area contributed by atoms with E-state index in [1.165, 1.54) is 30.2 Å². The van der Waals surface area contributed by atoms with Gasteiger partial charge in [-0.2, -0.15) is 5.10 Å². The van der Waals surface area contributed by atoms with E-state index in [4.69, 9.17) is 0 Å². The minimum Gasteiger partial charge on any atom is -0.362 e. The van der Waals surface area contributed by atoms with Gasteiger partial charge >= 0.3 is 0 Å². The van der Waals surface area contributed by atoms with Crippen molar-refractivity contribution in [2.24, 2.45) is 0 Å². The zero-order chi connectivity index (χ0) is 16.3. The number of hydrogen-bond donors (Lipinski definition) is 1. The molecule has 1 aromatic carbocycles. The lowest BCUT2D eigenvalue weighted by Crippen LogP contribution is -2.14. The number of aromatic nitrogens is 2. The molecule has 0 fully saturated rings. The molecule has 2 aromatic rings. The van der Waals surface area contributed by atoms with Crippen LogP contribution in [0.5, 0.6) is 0 Å². The molecule has 1 atom stereocenters. The van der Waals surface area contributed by atoms with Crippen molar-refractivity contribution in [2.75, 3.05) is 17.3 Å². The van der Waals surface area contributed by atoms with Crippen molar-refractivity contribution in [3.63, 3.8) is 0 Å². The Balaban J connectivity index is 1.71. The van der Waals surface area contributed by atoms with E-state index in [9.17, 15) is 8.42 Å². The van der Waals surface area contributed by atoms with Gasteiger partial charge in [-0.05, 0) is 30.4 Å². The van der Waals surface area contributed by atoms with Crippen LogP contribution in [0.25, 0.3) is 0 Å². The van der Waals surface area contributed by atoms with Crippen LogP contribution in [0.2, 0.25) is 0 Å². The van der Waals surface area contributed by atoms with Gasteiger partial charge in [0, 0.05) is 18.5 Å². The van der Waals surface area contributed by atoms with Crippen molar-refractivity contribution in [3.8, 4) is 0 Å². The smallest absolute Gasteiger partial charge is 0.149 e. The Bertz CT molecular complexity index is 768. The van der Waals surface area contributed by atoms with E-state index < -0.39 is 9.84 Å². The molecule has 0 aliphatic heterocycles. The summed E-state index contributed by atoms with van der Waals surface area (Å²) < 4.78 is 24.2. The van der Waals surface area contributed by atoms with Crippen LogP contribution in [-0.2, 0) is 22.8 Å². The van der Waals surface area contributed by atoms with Crippen LogP contribution in [0.3, 0.4) is 0 Å². The first-order valence-corrected chi connectivity index (χ1v) is 10.1. The number of rotatable bonds is 5. The van der Waals surface area contributed by atoms with Gasteiger partial charge < -0.3 is 5.32 Å². The Morgan fingerprint density at radius 2 is 2.09 bits per heavy atom. The number of aryl methyl sites for hydroxylation is 2. The predicted octanol–water partition coefficient (Wildman–Crippen LogP) is 2.81. The molecule has 1 aliphatic rings. The van der Waals surface area contributed by atoms with E-state index in [-0.39, 0.29) is 11.8 Å². The summed E-state index contributed by atoms with van der Waals surface area (Å²) >= 11 is 0. The lowest BCUT2D eigenvalue weighted by atomic mass is 9.99. The molecule has 0 radical (unpaired) electrons. The quantitative estimate of drug-likeness (QED) is 0.855. The molecule has 1 N–H and O–H groups in total. The van der Waals surface area contributed by atoms with E-state index in [1.54, 1.807) is 4.68 Å². The van der Waals surface area contributed by atoms with Crippen LogP contribution in [0.15, 0.2) is 36.5 Å². The summed E-state index contributed by atoms with van der Waals surface area (Å²) in [6.07, 6.45) is 7.72. The number of anilines is 1. The maximum Gasteiger partial charge on any atom is 0.149 e. The first kappa shape index (κ1) is 16.1. The third kappa shape index (κ3) is 4.34. The fourth-order valence-electron chi connectivity index (χ4n) is 3.07. The van der Waals surface area contributed by atoms with Gasteiger partial charge in [-0.3, -0.25) is 4.68 Å². The number of hydrogen-bond acceptors (Lipinski definition) is 4. The normalized spacial score (nSPS) is 18.2. The maximum absolute atomic E-state index is 11.2. The van der Waals surface area contributed by atoms with Crippen LogP contribution < -0.4 is 5.32 Å². The number of fused-ring (bicyclic) bond motifs is 1. The molecule has 124 valence electrons. The molecular formula is C17H23N3O2S. The lowest BCUT2D eigenvalue weighted by Gasteiger charge is -2.19. The van der Waals surface area contributed by atoms with E-state index in [2.05, 4.69) is 34.7 Å². The molecule has 6 heteroatoms. The molecule has 1 unspecified atom stereocenters. The van der Waals surface area contributed by atoms with Crippen molar-refractivity contribution in [2.45, 2.75) is 38.3 Å². The van der Waals surface area contributed by atoms with Gasteiger partial charge in [-0.15, -0.1) is 0 Å². The van der Waals surface area contributed by atoms with Gasteiger partial charge in [0.05, 0.1) is 18.3 Å². The molecule has 23 heavy (non-hydrogen) atoms. The summed E-state index contributed by atoms with van der Waals surface area (Å²) in [6.45, 7) is 0.391. The molecule has 5 nitrogen and oxygen atoms in total. The summed E-state index contributed by atoms with van der Waals surface area (Å²) in [5.41, 5.74) is 2.77. The second kappa shape index (κ2) is 6.74. The Hall–Kier alpha value is -1.82. The van der Waals surface area contributed by atoms with Crippen molar-refractivity contribution >= 4 is 15.7 Å². The third-order valence-electron chi connectivity index (χ3n) is 4.27. The van der Waals surface area contributed by atoms with Crippen LogP contribution in [-0.4, -0.2) is 30.2 Å². The maximum atomic E-state index is 11.2. The second-order valence-electron chi connectivity index (χ2n) is 6.24. The number of sulfone groups is 1. The van der Waals surface area contributed by atoms with Gasteiger partial charge in [-0.1, -0.05) is 30.7 Å². The Morgan fingerprint density at radius 1 is 1.26 bits per heavy atom. The summed E-state index contributed by atoms with van der Waals surface area (Å²) in [6, 6.07) is 10.8. The average molecular weight is 333 g/mol. The Labute approximate surface area is 137 Å². The Kier molecular flexibility index (Phi) is 4.71. The van der Waals surface area contributed by atoms with Gasteiger partial charge in [0.2, 0.25) is 0 Å². The summed E-state index contributed by atoms with van der Waals surface area (Å²) in [5, 5.41) is 7.97. The van der Waals surface area contributed by atoms with Crippen molar-refractivity contribution in [1.82, 2.24) is 9.78 Å². The molecule has 0 spiro atoms. The zero-order valence-corrected chi connectivity index (χ0v) is 14.2. The van der Waals surface area contributed by atoms with Crippen LogP contribution in [0, 0.1) is 0 Å². The molecule has 0 saturated heterocycles. The van der Waals surface area contributed by atoms with E-state index in [0.29, 0.717) is 6.54 Å². The van der Waals surface area contributed by atoms with Crippen LogP contribution in [0.1, 0.15) is 36.4 Å². The van der Waals surface area contributed by atoms with Gasteiger partial charge in [0.25, 0.3) is 0 Å². The average Bonchev–Trinajstić information content (AvgIpc) is 2.86. The minimum absolute atomic E-state index is 0.111. The summed E-state index contributed by atoms with van der Waals surface area (Å²) in [4.78, 5) is 0. The van der Waals surface area contributed by atoms with Crippen LogP contribution >= 0.6 is 0 Å². The molecule has 1 aliphatic carbocycles. The molecule has 1 aromatic heterocycles. The predicted molar refractivity (Wildman–Crippen MR) is 92.3 cm³/mol. The molecule has 1 heterocycles. The summed E-state index contributed by atoms with van der Waals surface area (Å²) in [7, 11) is -2.97. The number of benzene rings is 1. The highest BCUT2D eigenvalue weighted by Crippen LogP contribution is 2.30. The van der Waals surface area contributed by atoms with Gasteiger partial charge in [0.15, 0.2) is 0 Å². The highest BCUT2D eigenvalue weighted by molar-refractivity contribution is 7.90. The van der Waals surface area contributed by atoms with Crippen molar-refractivity contribution < 1.29 is 8.42 Å².